The minimum Gasteiger partial charge on any atom is -0.469 e. The molecule has 0 radical (unpaired) electrons. The Balaban J connectivity index is 2.20. The monoisotopic (exact) mass is 183 g/mol. The topological polar surface area (TPSA) is 50.2 Å². The molecule has 1 N–H and O–H groups in total. The first-order valence-corrected chi connectivity index (χ1v) is 4.88. The van der Waals surface area contributed by atoms with Crippen LogP contribution >= 0.6 is 0 Å². The summed E-state index contributed by atoms with van der Waals surface area (Å²) in [7, 11) is 1.39. The third kappa shape index (κ3) is 3.17. The molecule has 0 heterocycles. The number of ether oxygens (including phenoxy) is 1. The van der Waals surface area contributed by atoms with Crippen molar-refractivity contribution in [2.24, 2.45) is 5.92 Å². The lowest BCUT2D eigenvalue weighted by Gasteiger charge is -2.09. The van der Waals surface area contributed by atoms with Crippen molar-refractivity contribution in [1.82, 2.24) is 0 Å². The zero-order chi connectivity index (χ0) is 9.68. The van der Waals surface area contributed by atoms with E-state index in [9.17, 15) is 4.79 Å². The maximum absolute atomic E-state index is 10.8. The number of nitrogens with one attached hydrogen (secondary N) is 1. The molecule has 1 saturated carbocycles. The fourth-order valence-corrected chi connectivity index (χ4v) is 1.82. The summed E-state index contributed by atoms with van der Waals surface area (Å²) < 4.78 is 4.53. The number of carbonyl (C=O) groups is 1. The van der Waals surface area contributed by atoms with E-state index in [-0.39, 0.29) is 5.97 Å². The Hall–Kier alpha value is -0.860. The Morgan fingerprint density at radius 3 is 2.54 bits per heavy atom. The summed E-state index contributed by atoms with van der Waals surface area (Å²) in [5.74, 6) is 0.243. The molecule has 0 aromatic rings. The Labute approximate surface area is 79.0 Å². The van der Waals surface area contributed by atoms with Crippen LogP contribution in [0.3, 0.4) is 0 Å². The highest BCUT2D eigenvalue weighted by Crippen LogP contribution is 2.26. The van der Waals surface area contributed by atoms with E-state index in [1.54, 1.807) is 0 Å². The van der Waals surface area contributed by atoms with Gasteiger partial charge in [-0.2, -0.15) is 0 Å². The van der Waals surface area contributed by atoms with E-state index in [0.717, 1.165) is 18.6 Å². The third-order valence-electron chi connectivity index (χ3n) is 2.67. The van der Waals surface area contributed by atoms with Gasteiger partial charge >= 0.3 is 5.97 Å². The number of hydrogen-bond acceptors (Lipinski definition) is 3. The van der Waals surface area contributed by atoms with Crippen LogP contribution in [-0.2, 0) is 9.53 Å². The summed E-state index contributed by atoms with van der Waals surface area (Å²) in [6.07, 6.45) is 5.71. The summed E-state index contributed by atoms with van der Waals surface area (Å²) in [5.41, 5.74) is 0.739. The van der Waals surface area contributed by atoms with Crippen molar-refractivity contribution < 1.29 is 9.53 Å². The van der Waals surface area contributed by atoms with Crippen LogP contribution in [0.4, 0.5) is 0 Å². The predicted octanol–water partition coefficient (Wildman–Crippen LogP) is 2.15. The van der Waals surface area contributed by atoms with Gasteiger partial charge in [0.15, 0.2) is 0 Å². The largest absolute Gasteiger partial charge is 0.469 e. The highest BCUT2D eigenvalue weighted by Gasteiger charge is 2.19. The van der Waals surface area contributed by atoms with Crippen LogP contribution in [0.2, 0.25) is 0 Å². The molecule has 0 aliphatic heterocycles. The molecule has 0 amide bonds. The summed E-state index contributed by atoms with van der Waals surface area (Å²) >= 11 is 0. The fourth-order valence-electron chi connectivity index (χ4n) is 1.82. The standard InChI is InChI=1S/C10H17NO2/c1-13-10(12)7-6-9(11)8-4-2-3-5-8/h8,11H,2-7H2,1H3. The normalized spacial score (nSPS) is 17.3. The first-order valence-electron chi connectivity index (χ1n) is 4.88. The maximum atomic E-state index is 10.8. The second-order valence-corrected chi connectivity index (χ2v) is 3.58. The lowest BCUT2D eigenvalue weighted by atomic mass is 9.98. The molecule has 0 bridgehead atoms. The average molecular weight is 183 g/mol. The molecule has 0 aromatic carbocycles. The number of carbonyl (C=O) groups excluding carboxylic acids is 1. The predicted molar refractivity (Wildman–Crippen MR) is 50.9 cm³/mol. The van der Waals surface area contributed by atoms with Gasteiger partial charge in [-0.25, -0.2) is 0 Å². The van der Waals surface area contributed by atoms with E-state index >= 15 is 0 Å². The van der Waals surface area contributed by atoms with Crippen molar-refractivity contribution >= 4 is 11.7 Å². The third-order valence-corrected chi connectivity index (χ3v) is 2.67. The van der Waals surface area contributed by atoms with E-state index in [4.69, 9.17) is 5.41 Å². The van der Waals surface area contributed by atoms with Gasteiger partial charge in [0.25, 0.3) is 0 Å². The molecule has 0 aromatic heterocycles. The quantitative estimate of drug-likeness (QED) is 0.536. The van der Waals surface area contributed by atoms with Crippen LogP contribution in [0.25, 0.3) is 0 Å². The van der Waals surface area contributed by atoms with Gasteiger partial charge in [0.2, 0.25) is 0 Å². The molecule has 3 heteroatoms. The Kier molecular flexibility index (Phi) is 3.93. The lowest BCUT2D eigenvalue weighted by molar-refractivity contribution is -0.140. The van der Waals surface area contributed by atoms with Crippen LogP contribution in [0.1, 0.15) is 38.5 Å². The van der Waals surface area contributed by atoms with E-state index in [1.807, 2.05) is 0 Å². The first-order chi connectivity index (χ1) is 6.24. The number of esters is 1. The Bertz CT molecular complexity index is 195. The van der Waals surface area contributed by atoms with Crippen LogP contribution in [0.15, 0.2) is 0 Å². The van der Waals surface area contributed by atoms with E-state index in [1.165, 1.54) is 20.0 Å². The van der Waals surface area contributed by atoms with Gasteiger partial charge in [0.05, 0.1) is 13.5 Å². The minimum atomic E-state index is -0.206. The highest BCUT2D eigenvalue weighted by atomic mass is 16.5. The molecule has 1 aliphatic carbocycles. The second-order valence-electron chi connectivity index (χ2n) is 3.58. The van der Waals surface area contributed by atoms with Crippen LogP contribution < -0.4 is 0 Å². The molecular weight excluding hydrogens is 166 g/mol. The molecule has 1 fully saturated rings. The van der Waals surface area contributed by atoms with Crippen molar-refractivity contribution in [1.29, 1.82) is 5.41 Å². The van der Waals surface area contributed by atoms with Crippen LogP contribution in [-0.4, -0.2) is 18.8 Å². The number of methoxy groups -OCH3 is 1. The van der Waals surface area contributed by atoms with Crippen molar-refractivity contribution in [3.05, 3.63) is 0 Å². The van der Waals surface area contributed by atoms with Gasteiger partial charge in [-0.1, -0.05) is 12.8 Å². The van der Waals surface area contributed by atoms with Gasteiger partial charge in [0, 0.05) is 5.71 Å². The van der Waals surface area contributed by atoms with Gasteiger partial charge in [-0.05, 0) is 25.2 Å². The smallest absolute Gasteiger partial charge is 0.305 e. The summed E-state index contributed by atoms with van der Waals surface area (Å²) in [5, 5.41) is 7.75. The van der Waals surface area contributed by atoms with E-state index in [2.05, 4.69) is 4.74 Å². The molecule has 13 heavy (non-hydrogen) atoms. The molecule has 3 nitrogen and oxygen atoms in total. The molecule has 0 spiro atoms. The minimum absolute atomic E-state index is 0.206. The van der Waals surface area contributed by atoms with E-state index in [0.29, 0.717) is 18.8 Å². The van der Waals surface area contributed by atoms with Crippen LogP contribution in [0.5, 0.6) is 0 Å². The molecule has 1 aliphatic rings. The molecule has 0 atom stereocenters. The zero-order valence-electron chi connectivity index (χ0n) is 8.14. The van der Waals surface area contributed by atoms with Crippen molar-refractivity contribution in [2.75, 3.05) is 7.11 Å². The highest BCUT2D eigenvalue weighted by molar-refractivity contribution is 5.87. The second kappa shape index (κ2) is 5.00. The van der Waals surface area contributed by atoms with E-state index < -0.39 is 0 Å². The zero-order valence-corrected chi connectivity index (χ0v) is 8.14. The van der Waals surface area contributed by atoms with Crippen LogP contribution in [0, 0.1) is 11.3 Å². The number of hydrogen-bond donors (Lipinski definition) is 1. The molecular formula is C10H17NO2. The molecule has 1 rings (SSSR count). The SMILES string of the molecule is COC(=O)CCC(=N)C1CCCC1. The molecule has 0 saturated heterocycles. The van der Waals surface area contributed by atoms with Gasteiger partial charge < -0.3 is 10.1 Å². The Morgan fingerprint density at radius 2 is 2.00 bits per heavy atom. The average Bonchev–Trinajstić information content (AvgIpc) is 2.66. The first kappa shape index (κ1) is 10.2. The summed E-state index contributed by atoms with van der Waals surface area (Å²) in [4.78, 5) is 10.8. The van der Waals surface area contributed by atoms with Gasteiger partial charge in [-0.15, -0.1) is 0 Å². The van der Waals surface area contributed by atoms with Crippen molar-refractivity contribution in [3.63, 3.8) is 0 Å². The fraction of sp³-hybridized carbons (Fsp3) is 0.800. The van der Waals surface area contributed by atoms with Gasteiger partial charge in [-0.3, -0.25) is 4.79 Å². The summed E-state index contributed by atoms with van der Waals surface area (Å²) in [6, 6.07) is 0. The Morgan fingerprint density at radius 1 is 1.38 bits per heavy atom. The summed E-state index contributed by atoms with van der Waals surface area (Å²) in [6.45, 7) is 0. The van der Waals surface area contributed by atoms with Crippen molar-refractivity contribution in [2.45, 2.75) is 38.5 Å². The lowest BCUT2D eigenvalue weighted by Crippen LogP contribution is -2.12. The van der Waals surface area contributed by atoms with Gasteiger partial charge in [0.1, 0.15) is 0 Å². The molecule has 0 unspecified atom stereocenters. The molecule has 74 valence electrons. The maximum Gasteiger partial charge on any atom is 0.305 e. The van der Waals surface area contributed by atoms with Crippen molar-refractivity contribution in [3.8, 4) is 0 Å². The number of rotatable bonds is 4.